The number of aromatic carboxylic acids is 1. The van der Waals surface area contributed by atoms with Gasteiger partial charge < -0.3 is 14.4 Å². The quantitative estimate of drug-likeness (QED) is 0.235. The summed E-state index contributed by atoms with van der Waals surface area (Å²) in [6, 6.07) is 5.31. The molecule has 0 saturated heterocycles. The van der Waals surface area contributed by atoms with E-state index >= 15 is 0 Å². The Morgan fingerprint density at radius 3 is 2.63 bits per heavy atom. The van der Waals surface area contributed by atoms with Crippen LogP contribution in [0.15, 0.2) is 26.9 Å². The zero-order valence-electron chi connectivity index (χ0n) is 19.5. The minimum absolute atomic E-state index is 0.0262. The smallest absolute Gasteiger partial charge is 0.355 e. The van der Waals surface area contributed by atoms with E-state index in [1.165, 1.54) is 23.1 Å². The van der Waals surface area contributed by atoms with Crippen LogP contribution in [0.1, 0.15) is 41.5 Å². The third-order valence-electron chi connectivity index (χ3n) is 5.03. The number of hydrogen-bond donors (Lipinski definition) is 1. The number of benzene rings is 1. The summed E-state index contributed by atoms with van der Waals surface area (Å²) in [5.41, 5.74) is 3.44. The average molecular weight is 553 g/mol. The van der Waals surface area contributed by atoms with Crippen molar-refractivity contribution < 1.29 is 19.2 Å². The van der Waals surface area contributed by atoms with Crippen LogP contribution in [0.2, 0.25) is 10.0 Å². The van der Waals surface area contributed by atoms with Gasteiger partial charge in [-0.25, -0.2) is 9.78 Å². The summed E-state index contributed by atoms with van der Waals surface area (Å²) >= 11 is 15.4. The van der Waals surface area contributed by atoms with E-state index < -0.39 is 5.97 Å². The molecule has 184 valence electrons. The predicted octanol–water partition coefficient (Wildman–Crippen LogP) is 6.92. The van der Waals surface area contributed by atoms with Crippen molar-refractivity contribution in [3.05, 3.63) is 51.1 Å². The van der Waals surface area contributed by atoms with Gasteiger partial charge in [-0.3, -0.25) is 0 Å². The lowest BCUT2D eigenvalue weighted by Gasteiger charge is -2.05. The summed E-state index contributed by atoms with van der Waals surface area (Å²) in [6.07, 6.45) is 0. The van der Waals surface area contributed by atoms with E-state index in [9.17, 15) is 9.90 Å². The Bertz CT molecular complexity index is 1410. The van der Waals surface area contributed by atoms with Gasteiger partial charge in [-0.2, -0.15) is 9.78 Å². The fraction of sp³-hybridized carbons (Fsp3) is 0.304. The SMILES string of the molecule is COCc1noc(C)c1-c1c(C)nn(-c2nc(-c3ccc(Cl)c(Cl)c3)c(SC(C)C)s2)c1C(=O)O. The van der Waals surface area contributed by atoms with Crippen molar-refractivity contribution in [3.8, 4) is 27.5 Å². The molecule has 1 aromatic carbocycles. The number of nitrogens with zero attached hydrogens (tertiary/aromatic N) is 4. The van der Waals surface area contributed by atoms with Gasteiger partial charge in [-0.15, -0.1) is 11.8 Å². The molecule has 0 spiro atoms. The molecule has 8 nitrogen and oxygen atoms in total. The van der Waals surface area contributed by atoms with Gasteiger partial charge >= 0.3 is 5.97 Å². The van der Waals surface area contributed by atoms with E-state index in [-0.39, 0.29) is 17.6 Å². The maximum Gasteiger partial charge on any atom is 0.355 e. The molecule has 35 heavy (non-hydrogen) atoms. The van der Waals surface area contributed by atoms with Crippen molar-refractivity contribution >= 4 is 52.3 Å². The van der Waals surface area contributed by atoms with Crippen molar-refractivity contribution in [2.24, 2.45) is 0 Å². The molecule has 4 rings (SSSR count). The molecule has 0 fully saturated rings. The molecule has 0 atom stereocenters. The lowest BCUT2D eigenvalue weighted by atomic mass is 10.0. The average Bonchev–Trinajstić information content (AvgIpc) is 3.45. The maximum absolute atomic E-state index is 12.5. The molecule has 0 bridgehead atoms. The normalized spacial score (nSPS) is 11.5. The molecular formula is C23H22Cl2N4O4S2. The molecule has 0 unspecified atom stereocenters. The Balaban J connectivity index is 1.93. The fourth-order valence-corrected chi connectivity index (χ4v) is 6.42. The van der Waals surface area contributed by atoms with Crippen LogP contribution < -0.4 is 0 Å². The first-order valence-corrected chi connectivity index (χ1v) is 13.0. The van der Waals surface area contributed by atoms with Crippen molar-refractivity contribution in [1.82, 2.24) is 19.9 Å². The minimum Gasteiger partial charge on any atom is -0.476 e. The third-order valence-corrected chi connectivity index (χ3v) is 8.01. The highest BCUT2D eigenvalue weighted by Crippen LogP contribution is 2.42. The summed E-state index contributed by atoms with van der Waals surface area (Å²) in [6.45, 7) is 7.80. The first kappa shape index (κ1) is 25.7. The van der Waals surface area contributed by atoms with E-state index in [1.54, 1.807) is 37.7 Å². The molecule has 0 aliphatic rings. The van der Waals surface area contributed by atoms with Gasteiger partial charge in [-0.1, -0.05) is 59.6 Å². The number of methoxy groups -OCH3 is 1. The highest BCUT2D eigenvalue weighted by molar-refractivity contribution is 8.01. The highest BCUT2D eigenvalue weighted by atomic mass is 35.5. The van der Waals surface area contributed by atoms with Crippen LogP contribution in [-0.4, -0.2) is 43.4 Å². The van der Waals surface area contributed by atoms with Gasteiger partial charge in [0.15, 0.2) is 5.69 Å². The summed E-state index contributed by atoms with van der Waals surface area (Å²) in [5, 5.41) is 20.4. The Morgan fingerprint density at radius 2 is 2.00 bits per heavy atom. The molecule has 3 aromatic heterocycles. The standard InChI is InChI=1S/C23H22Cl2N4O4S2/c1-10(2)34-22-19(13-6-7-14(24)15(25)8-13)26-23(35-22)29-20(21(30)31)17(11(3)27-29)18-12(4)33-28-16(18)9-32-5/h6-8,10H,9H2,1-5H3,(H,30,31). The first-order chi connectivity index (χ1) is 16.6. The number of halogens is 2. The lowest BCUT2D eigenvalue weighted by Crippen LogP contribution is -2.09. The molecule has 0 saturated carbocycles. The Hall–Kier alpha value is -2.37. The number of carbonyl (C=O) groups is 1. The summed E-state index contributed by atoms with van der Waals surface area (Å²) in [5.74, 6) is -0.664. The third kappa shape index (κ3) is 4.99. The van der Waals surface area contributed by atoms with Crippen molar-refractivity contribution in [1.29, 1.82) is 0 Å². The van der Waals surface area contributed by atoms with E-state index in [2.05, 4.69) is 24.1 Å². The molecule has 0 aliphatic heterocycles. The highest BCUT2D eigenvalue weighted by Gasteiger charge is 2.30. The number of carboxylic acid groups (broad SMARTS) is 1. The Kier molecular flexibility index (Phi) is 7.58. The topological polar surface area (TPSA) is 103 Å². The van der Waals surface area contributed by atoms with Crippen molar-refractivity contribution in [2.45, 2.75) is 43.8 Å². The number of aromatic nitrogens is 4. The van der Waals surface area contributed by atoms with Crippen LogP contribution in [0.4, 0.5) is 0 Å². The predicted molar refractivity (Wildman–Crippen MR) is 138 cm³/mol. The Morgan fingerprint density at radius 1 is 1.26 bits per heavy atom. The van der Waals surface area contributed by atoms with E-state index in [4.69, 9.17) is 37.4 Å². The van der Waals surface area contributed by atoms with Crippen LogP contribution in [0, 0.1) is 13.8 Å². The summed E-state index contributed by atoms with van der Waals surface area (Å²) in [4.78, 5) is 17.3. The van der Waals surface area contributed by atoms with Crippen LogP contribution in [0.5, 0.6) is 0 Å². The van der Waals surface area contributed by atoms with E-state index in [1.807, 2.05) is 6.07 Å². The number of carboxylic acids is 1. The van der Waals surface area contributed by atoms with E-state index in [0.29, 0.717) is 49.1 Å². The van der Waals surface area contributed by atoms with Crippen LogP contribution in [0.3, 0.4) is 0 Å². The largest absolute Gasteiger partial charge is 0.476 e. The number of thioether (sulfide) groups is 1. The number of ether oxygens (including phenoxy) is 1. The zero-order valence-corrected chi connectivity index (χ0v) is 22.7. The molecule has 4 aromatic rings. The molecule has 12 heteroatoms. The second-order valence-electron chi connectivity index (χ2n) is 7.95. The van der Waals surface area contributed by atoms with Crippen LogP contribution in [0.25, 0.3) is 27.5 Å². The van der Waals surface area contributed by atoms with E-state index in [0.717, 1.165) is 9.77 Å². The minimum atomic E-state index is -1.14. The zero-order chi connectivity index (χ0) is 25.4. The van der Waals surface area contributed by atoms with Gasteiger partial charge in [0.25, 0.3) is 0 Å². The molecule has 0 amide bonds. The van der Waals surface area contributed by atoms with Gasteiger partial charge in [0.2, 0.25) is 5.13 Å². The summed E-state index contributed by atoms with van der Waals surface area (Å²) < 4.78 is 12.9. The molecule has 0 radical (unpaired) electrons. The van der Waals surface area contributed by atoms with Crippen LogP contribution in [-0.2, 0) is 11.3 Å². The molecule has 3 heterocycles. The van der Waals surface area contributed by atoms with Gasteiger partial charge in [0.1, 0.15) is 11.5 Å². The molecule has 0 aliphatic carbocycles. The fourth-order valence-electron chi connectivity index (χ4n) is 3.64. The van der Waals surface area contributed by atoms with Gasteiger partial charge in [0.05, 0.1) is 37.8 Å². The number of thiazole rings is 1. The maximum atomic E-state index is 12.5. The number of aryl methyl sites for hydroxylation is 2. The van der Waals surface area contributed by atoms with Crippen molar-refractivity contribution in [2.75, 3.05) is 7.11 Å². The second-order valence-corrected chi connectivity index (χ2v) is 11.6. The monoisotopic (exact) mass is 552 g/mol. The van der Waals surface area contributed by atoms with Gasteiger partial charge in [0, 0.05) is 23.5 Å². The number of hydrogen-bond acceptors (Lipinski definition) is 8. The Labute approximate surface area is 220 Å². The molecular weight excluding hydrogens is 531 g/mol. The van der Waals surface area contributed by atoms with Crippen molar-refractivity contribution in [3.63, 3.8) is 0 Å². The second kappa shape index (κ2) is 10.3. The lowest BCUT2D eigenvalue weighted by molar-refractivity contribution is 0.0688. The van der Waals surface area contributed by atoms with Gasteiger partial charge in [-0.05, 0) is 26.0 Å². The first-order valence-electron chi connectivity index (χ1n) is 10.5. The number of rotatable bonds is 8. The van der Waals surface area contributed by atoms with Crippen LogP contribution >= 0.6 is 46.3 Å². The summed E-state index contributed by atoms with van der Waals surface area (Å²) in [7, 11) is 1.54. The molecule has 1 N–H and O–H groups in total.